The molecule has 1 fully saturated rings. The Bertz CT molecular complexity index is 622. The summed E-state index contributed by atoms with van der Waals surface area (Å²) >= 11 is 0. The van der Waals surface area contributed by atoms with Crippen LogP contribution in [0.4, 0.5) is 0 Å². The maximum absolute atomic E-state index is 11.3. The Labute approximate surface area is 129 Å². The van der Waals surface area contributed by atoms with Gasteiger partial charge in [-0.3, -0.25) is 14.7 Å². The number of pyridine rings is 1. The van der Waals surface area contributed by atoms with Crippen LogP contribution >= 0.6 is 0 Å². The van der Waals surface area contributed by atoms with Crippen LogP contribution in [0.5, 0.6) is 0 Å². The first-order chi connectivity index (χ1) is 10.6. The maximum atomic E-state index is 11.3. The van der Waals surface area contributed by atoms with Gasteiger partial charge in [-0.15, -0.1) is 0 Å². The molecule has 0 amide bonds. The zero-order valence-corrected chi connectivity index (χ0v) is 12.6. The van der Waals surface area contributed by atoms with Crippen LogP contribution in [0.3, 0.4) is 0 Å². The fourth-order valence-corrected chi connectivity index (χ4v) is 3.04. The Morgan fingerprint density at radius 3 is 2.95 bits per heavy atom. The quantitative estimate of drug-likeness (QED) is 0.940. The molecule has 1 N–H and O–H groups in total. The molecule has 1 saturated heterocycles. The van der Waals surface area contributed by atoms with Gasteiger partial charge in [-0.25, -0.2) is 0 Å². The average molecular weight is 300 g/mol. The van der Waals surface area contributed by atoms with E-state index in [0.29, 0.717) is 6.54 Å². The largest absolute Gasteiger partial charge is 0.481 e. The van der Waals surface area contributed by atoms with Crippen molar-refractivity contribution in [2.45, 2.75) is 25.8 Å². The molecule has 0 saturated carbocycles. The molecule has 0 aliphatic carbocycles. The second-order valence-electron chi connectivity index (χ2n) is 5.85. The van der Waals surface area contributed by atoms with Crippen LogP contribution in [0.25, 0.3) is 0 Å². The minimum atomic E-state index is -0.722. The minimum absolute atomic E-state index is 0.127. The summed E-state index contributed by atoms with van der Waals surface area (Å²) < 4.78 is 5.60. The van der Waals surface area contributed by atoms with Crippen molar-refractivity contribution in [3.63, 3.8) is 0 Å². The lowest BCUT2D eigenvalue weighted by molar-refractivity contribution is -0.143. The highest BCUT2D eigenvalue weighted by Gasteiger charge is 2.33. The molecule has 2 atom stereocenters. The summed E-state index contributed by atoms with van der Waals surface area (Å²) in [7, 11) is 0. The zero-order chi connectivity index (χ0) is 15.5. The number of piperidine rings is 1. The summed E-state index contributed by atoms with van der Waals surface area (Å²) in [6, 6.07) is 7.67. The lowest BCUT2D eigenvalue weighted by Gasteiger charge is -2.35. The van der Waals surface area contributed by atoms with Gasteiger partial charge in [0.05, 0.1) is 17.9 Å². The number of hydrogen-bond donors (Lipinski definition) is 1. The molecule has 3 rings (SSSR count). The van der Waals surface area contributed by atoms with Crippen LogP contribution < -0.4 is 0 Å². The number of carbonyl (C=O) groups is 1. The van der Waals surface area contributed by atoms with Gasteiger partial charge >= 0.3 is 5.97 Å². The van der Waals surface area contributed by atoms with Crippen molar-refractivity contribution in [1.29, 1.82) is 0 Å². The third kappa shape index (κ3) is 3.04. The smallest absolute Gasteiger partial charge is 0.307 e. The summed E-state index contributed by atoms with van der Waals surface area (Å²) in [5.41, 5.74) is 2.00. The first-order valence-electron chi connectivity index (χ1n) is 7.58. The topological polar surface area (TPSA) is 66.6 Å². The van der Waals surface area contributed by atoms with Crippen molar-refractivity contribution in [3.05, 3.63) is 53.7 Å². The summed E-state index contributed by atoms with van der Waals surface area (Å²) in [5.74, 6) is -0.237. The molecule has 0 radical (unpaired) electrons. The van der Waals surface area contributed by atoms with Gasteiger partial charge in [0.2, 0.25) is 0 Å². The van der Waals surface area contributed by atoms with Crippen molar-refractivity contribution < 1.29 is 14.3 Å². The van der Waals surface area contributed by atoms with Gasteiger partial charge in [-0.2, -0.15) is 0 Å². The van der Waals surface area contributed by atoms with E-state index in [2.05, 4.69) is 9.88 Å². The summed E-state index contributed by atoms with van der Waals surface area (Å²) in [5, 5.41) is 9.31. The molecular weight excluding hydrogens is 280 g/mol. The van der Waals surface area contributed by atoms with Crippen LogP contribution in [0, 0.1) is 12.8 Å². The molecule has 0 spiro atoms. The van der Waals surface area contributed by atoms with Gasteiger partial charge < -0.3 is 9.52 Å². The number of carboxylic acid groups (broad SMARTS) is 1. The fourth-order valence-electron chi connectivity index (χ4n) is 3.04. The van der Waals surface area contributed by atoms with E-state index in [1.165, 1.54) is 0 Å². The van der Waals surface area contributed by atoms with Crippen LogP contribution in [-0.4, -0.2) is 34.0 Å². The lowest BCUT2D eigenvalue weighted by atomic mass is 9.95. The van der Waals surface area contributed by atoms with Crippen LogP contribution in [0.15, 0.2) is 41.1 Å². The van der Waals surface area contributed by atoms with E-state index in [1.807, 2.05) is 37.4 Å². The van der Waals surface area contributed by atoms with Crippen molar-refractivity contribution in [2.75, 3.05) is 13.1 Å². The average Bonchev–Trinajstić information content (AvgIpc) is 3.04. The minimum Gasteiger partial charge on any atom is -0.481 e. The van der Waals surface area contributed by atoms with Crippen LogP contribution in [0.1, 0.15) is 35.9 Å². The Balaban J connectivity index is 1.92. The van der Waals surface area contributed by atoms with Gasteiger partial charge in [0, 0.05) is 12.7 Å². The summed E-state index contributed by atoms with van der Waals surface area (Å²) in [6.07, 6.45) is 5.09. The second kappa shape index (κ2) is 6.32. The van der Waals surface area contributed by atoms with Crippen molar-refractivity contribution in [2.24, 2.45) is 5.92 Å². The SMILES string of the molecule is Cc1ccc(C(c2ccco2)N2CCCC(C(=O)O)C2)nc1. The standard InChI is InChI=1S/C17H20N2O3/c1-12-6-7-14(18-10-12)16(15-5-3-9-22-15)19-8-2-4-13(11-19)17(20)21/h3,5-7,9-10,13,16H,2,4,8,11H2,1H3,(H,20,21). The first kappa shape index (κ1) is 14.8. The Morgan fingerprint density at radius 1 is 1.45 bits per heavy atom. The number of aryl methyl sites for hydroxylation is 1. The monoisotopic (exact) mass is 300 g/mol. The molecule has 0 aromatic carbocycles. The highest BCUT2D eigenvalue weighted by molar-refractivity contribution is 5.70. The molecule has 0 bridgehead atoms. The van der Waals surface area contributed by atoms with Crippen molar-refractivity contribution in [1.82, 2.24) is 9.88 Å². The number of carboxylic acids is 1. The van der Waals surface area contributed by atoms with E-state index in [9.17, 15) is 9.90 Å². The third-order valence-electron chi connectivity index (χ3n) is 4.19. The number of aliphatic carboxylic acids is 1. The first-order valence-corrected chi connectivity index (χ1v) is 7.58. The third-order valence-corrected chi connectivity index (χ3v) is 4.19. The summed E-state index contributed by atoms with van der Waals surface area (Å²) in [6.45, 7) is 3.38. The Hall–Kier alpha value is -2.14. The molecule has 1 aliphatic rings. The fraction of sp³-hybridized carbons (Fsp3) is 0.412. The molecule has 3 heterocycles. The zero-order valence-electron chi connectivity index (χ0n) is 12.6. The van der Waals surface area contributed by atoms with Crippen molar-refractivity contribution in [3.8, 4) is 0 Å². The lowest BCUT2D eigenvalue weighted by Crippen LogP contribution is -2.41. The number of hydrogen-bond acceptors (Lipinski definition) is 4. The van der Waals surface area contributed by atoms with E-state index in [1.54, 1.807) is 6.26 Å². The molecule has 5 heteroatoms. The highest BCUT2D eigenvalue weighted by Crippen LogP contribution is 2.32. The van der Waals surface area contributed by atoms with Gasteiger partial charge in [0.15, 0.2) is 0 Å². The van der Waals surface area contributed by atoms with Gasteiger partial charge in [-0.05, 0) is 50.1 Å². The van der Waals surface area contributed by atoms with Gasteiger partial charge in [0.1, 0.15) is 11.8 Å². The van der Waals surface area contributed by atoms with Gasteiger partial charge in [0.25, 0.3) is 0 Å². The summed E-state index contributed by atoms with van der Waals surface area (Å²) in [4.78, 5) is 18.0. The molecule has 1 aliphatic heterocycles. The molecule has 22 heavy (non-hydrogen) atoms. The van der Waals surface area contributed by atoms with E-state index in [0.717, 1.165) is 36.4 Å². The predicted octanol–water partition coefficient (Wildman–Crippen LogP) is 2.87. The van der Waals surface area contributed by atoms with Crippen LogP contribution in [0.2, 0.25) is 0 Å². The molecule has 2 aromatic heterocycles. The highest BCUT2D eigenvalue weighted by atomic mass is 16.4. The molecular formula is C17H20N2O3. The van der Waals surface area contributed by atoms with Crippen molar-refractivity contribution >= 4 is 5.97 Å². The number of rotatable bonds is 4. The molecule has 2 unspecified atom stereocenters. The Kier molecular flexibility index (Phi) is 4.24. The van der Waals surface area contributed by atoms with Gasteiger partial charge in [-0.1, -0.05) is 6.07 Å². The number of furan rings is 1. The van der Waals surface area contributed by atoms with E-state index < -0.39 is 5.97 Å². The molecule has 116 valence electrons. The Morgan fingerprint density at radius 2 is 2.32 bits per heavy atom. The molecule has 2 aromatic rings. The van der Waals surface area contributed by atoms with E-state index in [-0.39, 0.29) is 12.0 Å². The van der Waals surface area contributed by atoms with Crippen LogP contribution in [-0.2, 0) is 4.79 Å². The van der Waals surface area contributed by atoms with E-state index in [4.69, 9.17) is 4.42 Å². The normalized spacial score (nSPS) is 20.7. The molecule has 5 nitrogen and oxygen atoms in total. The number of likely N-dealkylation sites (tertiary alicyclic amines) is 1. The second-order valence-corrected chi connectivity index (χ2v) is 5.85. The number of nitrogens with zero attached hydrogens (tertiary/aromatic N) is 2. The predicted molar refractivity (Wildman–Crippen MR) is 81.5 cm³/mol. The van der Waals surface area contributed by atoms with E-state index >= 15 is 0 Å². The maximum Gasteiger partial charge on any atom is 0.307 e. The number of aromatic nitrogens is 1.